The summed E-state index contributed by atoms with van der Waals surface area (Å²) in [5, 5.41) is 20.0. The highest BCUT2D eigenvalue weighted by Gasteiger charge is 2.22. The third-order valence-electron chi connectivity index (χ3n) is 3.39. The van der Waals surface area contributed by atoms with Crippen molar-refractivity contribution in [3.63, 3.8) is 0 Å². The predicted molar refractivity (Wildman–Crippen MR) is 83.7 cm³/mol. The second kappa shape index (κ2) is 6.87. The van der Waals surface area contributed by atoms with E-state index >= 15 is 0 Å². The quantitative estimate of drug-likeness (QED) is 0.852. The van der Waals surface area contributed by atoms with E-state index < -0.39 is 6.10 Å². The average molecular weight is 320 g/mol. The van der Waals surface area contributed by atoms with Gasteiger partial charge in [-0.05, 0) is 43.0 Å². The summed E-state index contributed by atoms with van der Waals surface area (Å²) in [4.78, 5) is 12.1. The van der Waals surface area contributed by atoms with Gasteiger partial charge in [0.05, 0.1) is 18.0 Å². The van der Waals surface area contributed by atoms with Crippen molar-refractivity contribution in [1.82, 2.24) is 20.3 Å². The predicted octanol–water partition coefficient (Wildman–Crippen LogP) is 1.93. The molecule has 1 amide bonds. The molecule has 0 fully saturated rings. The van der Waals surface area contributed by atoms with Crippen LogP contribution in [0.15, 0.2) is 30.5 Å². The second-order valence-corrected chi connectivity index (χ2v) is 6.42. The number of aliphatic hydroxyl groups is 1. The molecule has 7 heteroatoms. The van der Waals surface area contributed by atoms with Crippen molar-refractivity contribution in [2.45, 2.75) is 33.3 Å². The first-order valence-corrected chi connectivity index (χ1v) is 7.41. The van der Waals surface area contributed by atoms with Crippen LogP contribution in [-0.4, -0.2) is 38.7 Å². The van der Waals surface area contributed by atoms with Crippen LogP contribution in [0.5, 0.6) is 0 Å². The fraction of sp³-hybridized carbons (Fsp3) is 0.438. The lowest BCUT2D eigenvalue weighted by atomic mass is 9.87. The summed E-state index contributed by atoms with van der Waals surface area (Å²) in [6, 6.07) is 5.74. The number of carbonyl (C=O) groups excluding carboxylic acids is 1. The third-order valence-corrected chi connectivity index (χ3v) is 3.39. The minimum absolute atomic E-state index is 0.183. The minimum atomic E-state index is -0.429. The van der Waals surface area contributed by atoms with Gasteiger partial charge in [-0.25, -0.2) is 9.07 Å². The molecule has 0 aliphatic heterocycles. The van der Waals surface area contributed by atoms with Crippen LogP contribution in [0.25, 0.3) is 5.69 Å². The van der Waals surface area contributed by atoms with Crippen molar-refractivity contribution in [3.05, 3.63) is 42.0 Å². The van der Waals surface area contributed by atoms with Gasteiger partial charge in [0.15, 0.2) is 5.69 Å². The standard InChI is InChI=1S/C16H21FN4O2/c1-11(22)8-16(2,3)10-18-15(23)14-9-21(20-19-14)13-6-4-12(17)5-7-13/h4-7,9,11,22H,8,10H2,1-3H3,(H,18,23). The summed E-state index contributed by atoms with van der Waals surface area (Å²) in [6.07, 6.45) is 1.64. The van der Waals surface area contributed by atoms with Crippen LogP contribution in [0.2, 0.25) is 0 Å². The highest BCUT2D eigenvalue weighted by molar-refractivity contribution is 5.91. The number of benzene rings is 1. The molecule has 2 aromatic rings. The van der Waals surface area contributed by atoms with Crippen molar-refractivity contribution in [1.29, 1.82) is 0 Å². The minimum Gasteiger partial charge on any atom is -0.393 e. The van der Waals surface area contributed by atoms with Crippen molar-refractivity contribution >= 4 is 5.91 Å². The Kier molecular flexibility index (Phi) is 5.10. The number of halogens is 1. The SMILES string of the molecule is CC(O)CC(C)(C)CNC(=O)c1cn(-c2ccc(F)cc2)nn1. The number of aliphatic hydroxyl groups excluding tert-OH is 1. The third kappa shape index (κ3) is 4.85. The average Bonchev–Trinajstić information content (AvgIpc) is 2.94. The lowest BCUT2D eigenvalue weighted by Crippen LogP contribution is -2.35. The number of nitrogens with one attached hydrogen (secondary N) is 1. The Hall–Kier alpha value is -2.28. The van der Waals surface area contributed by atoms with Gasteiger partial charge in [0.2, 0.25) is 0 Å². The molecule has 6 nitrogen and oxygen atoms in total. The van der Waals surface area contributed by atoms with Crippen LogP contribution >= 0.6 is 0 Å². The maximum Gasteiger partial charge on any atom is 0.273 e. The van der Waals surface area contributed by atoms with E-state index in [9.17, 15) is 14.3 Å². The van der Waals surface area contributed by atoms with Crippen LogP contribution in [0, 0.1) is 11.2 Å². The number of hydrogen-bond acceptors (Lipinski definition) is 4. The van der Waals surface area contributed by atoms with Gasteiger partial charge in [-0.15, -0.1) is 5.10 Å². The zero-order valence-electron chi connectivity index (χ0n) is 13.5. The van der Waals surface area contributed by atoms with Gasteiger partial charge in [0.25, 0.3) is 5.91 Å². The Morgan fingerprint density at radius 3 is 2.65 bits per heavy atom. The molecule has 23 heavy (non-hydrogen) atoms. The van der Waals surface area contributed by atoms with Gasteiger partial charge in [-0.3, -0.25) is 4.79 Å². The smallest absolute Gasteiger partial charge is 0.273 e. The first-order chi connectivity index (χ1) is 10.8. The Morgan fingerprint density at radius 2 is 2.04 bits per heavy atom. The molecule has 0 aliphatic rings. The van der Waals surface area contributed by atoms with E-state index in [0.29, 0.717) is 18.7 Å². The van der Waals surface area contributed by atoms with Crippen LogP contribution in [0.3, 0.4) is 0 Å². The number of carbonyl (C=O) groups is 1. The first kappa shape index (κ1) is 17.1. The molecule has 0 aliphatic carbocycles. The summed E-state index contributed by atoms with van der Waals surface area (Å²) < 4.78 is 14.3. The van der Waals surface area contributed by atoms with Gasteiger partial charge in [0, 0.05) is 6.54 Å². The monoisotopic (exact) mass is 320 g/mol. The molecule has 1 aromatic carbocycles. The first-order valence-electron chi connectivity index (χ1n) is 7.41. The molecular formula is C16H21FN4O2. The summed E-state index contributed by atoms with van der Waals surface area (Å²) >= 11 is 0. The Morgan fingerprint density at radius 1 is 1.39 bits per heavy atom. The van der Waals surface area contributed by atoms with E-state index in [2.05, 4.69) is 15.6 Å². The summed E-state index contributed by atoms with van der Waals surface area (Å²) in [5.41, 5.74) is 0.575. The van der Waals surface area contributed by atoms with E-state index in [-0.39, 0.29) is 22.8 Å². The topological polar surface area (TPSA) is 80.0 Å². The Bertz CT molecular complexity index is 665. The van der Waals surface area contributed by atoms with Gasteiger partial charge < -0.3 is 10.4 Å². The fourth-order valence-electron chi connectivity index (χ4n) is 2.37. The summed E-state index contributed by atoms with van der Waals surface area (Å²) in [6.45, 7) is 6.07. The maximum atomic E-state index is 12.9. The van der Waals surface area contributed by atoms with Crippen LogP contribution in [0.4, 0.5) is 4.39 Å². The molecular weight excluding hydrogens is 299 g/mol. The lowest BCUT2D eigenvalue weighted by molar-refractivity contribution is 0.0897. The molecule has 0 saturated carbocycles. The molecule has 0 saturated heterocycles. The molecule has 0 radical (unpaired) electrons. The van der Waals surface area contributed by atoms with E-state index in [1.165, 1.54) is 23.0 Å². The van der Waals surface area contributed by atoms with Crippen molar-refractivity contribution < 1.29 is 14.3 Å². The van der Waals surface area contributed by atoms with Crippen LogP contribution in [-0.2, 0) is 0 Å². The van der Waals surface area contributed by atoms with Gasteiger partial charge in [-0.1, -0.05) is 19.1 Å². The molecule has 1 aromatic heterocycles. The highest BCUT2D eigenvalue weighted by atomic mass is 19.1. The summed E-state index contributed by atoms with van der Waals surface area (Å²) in [5.74, 6) is -0.677. The normalized spacial score (nSPS) is 12.9. The largest absolute Gasteiger partial charge is 0.393 e. The van der Waals surface area contributed by atoms with E-state index in [1.807, 2.05) is 13.8 Å². The fourth-order valence-corrected chi connectivity index (χ4v) is 2.37. The molecule has 2 N–H and O–H groups in total. The van der Waals surface area contributed by atoms with Crippen LogP contribution in [0.1, 0.15) is 37.7 Å². The lowest BCUT2D eigenvalue weighted by Gasteiger charge is -2.26. The number of aromatic nitrogens is 3. The Labute approximate surface area is 134 Å². The number of hydrogen-bond donors (Lipinski definition) is 2. The van der Waals surface area contributed by atoms with Crippen molar-refractivity contribution in [3.8, 4) is 5.69 Å². The molecule has 2 rings (SSSR count). The number of nitrogens with zero attached hydrogens (tertiary/aromatic N) is 3. The molecule has 1 unspecified atom stereocenters. The van der Waals surface area contributed by atoms with Crippen LogP contribution < -0.4 is 5.32 Å². The zero-order valence-corrected chi connectivity index (χ0v) is 13.5. The van der Waals surface area contributed by atoms with E-state index in [4.69, 9.17) is 0 Å². The summed E-state index contributed by atoms with van der Waals surface area (Å²) in [7, 11) is 0. The highest BCUT2D eigenvalue weighted by Crippen LogP contribution is 2.21. The number of amides is 1. The molecule has 1 atom stereocenters. The van der Waals surface area contributed by atoms with Gasteiger partial charge >= 0.3 is 0 Å². The van der Waals surface area contributed by atoms with E-state index in [0.717, 1.165) is 0 Å². The molecule has 124 valence electrons. The van der Waals surface area contributed by atoms with E-state index in [1.54, 1.807) is 19.1 Å². The van der Waals surface area contributed by atoms with Gasteiger partial charge in [0.1, 0.15) is 5.82 Å². The number of rotatable bonds is 6. The zero-order chi connectivity index (χ0) is 17.0. The maximum absolute atomic E-state index is 12.9. The van der Waals surface area contributed by atoms with Crippen molar-refractivity contribution in [2.24, 2.45) is 5.41 Å². The second-order valence-electron chi connectivity index (χ2n) is 6.42. The Balaban J connectivity index is 2.00. The molecule has 0 bridgehead atoms. The van der Waals surface area contributed by atoms with Gasteiger partial charge in [-0.2, -0.15) is 0 Å². The molecule has 0 spiro atoms. The van der Waals surface area contributed by atoms with Crippen molar-refractivity contribution in [2.75, 3.05) is 6.54 Å². The molecule has 1 heterocycles.